The summed E-state index contributed by atoms with van der Waals surface area (Å²) in [6.45, 7) is 6.20. The first-order chi connectivity index (χ1) is 17.5. The Hall–Kier alpha value is -4.20. The highest BCUT2D eigenvalue weighted by Crippen LogP contribution is 2.32. The van der Waals surface area contributed by atoms with Crippen molar-refractivity contribution >= 4 is 17.9 Å². The number of benzene rings is 1. The average Bonchev–Trinajstić information content (AvgIpc) is 3.49. The molecule has 2 heterocycles. The number of hydrogen-bond donors (Lipinski definition) is 2. The van der Waals surface area contributed by atoms with E-state index in [4.69, 9.17) is 24.6 Å². The summed E-state index contributed by atoms with van der Waals surface area (Å²) in [5.41, 5.74) is 9.43. The zero-order chi connectivity index (χ0) is 26.1. The molecule has 0 fully saturated rings. The molecule has 0 bridgehead atoms. The van der Waals surface area contributed by atoms with Crippen LogP contribution in [0.4, 0.5) is 5.82 Å². The van der Waals surface area contributed by atoms with Crippen LogP contribution in [-0.4, -0.2) is 76.7 Å². The van der Waals surface area contributed by atoms with Crippen molar-refractivity contribution in [3.63, 3.8) is 0 Å². The molecule has 2 aromatic heterocycles. The molecule has 1 aromatic carbocycles. The largest absolute Gasteiger partial charge is 0.496 e. The van der Waals surface area contributed by atoms with E-state index in [1.54, 1.807) is 12.1 Å². The maximum atomic E-state index is 13.1. The predicted octanol–water partition coefficient (Wildman–Crippen LogP) is 1.64. The van der Waals surface area contributed by atoms with E-state index in [1.165, 1.54) is 32.2 Å². The van der Waals surface area contributed by atoms with Crippen LogP contribution in [0.5, 0.6) is 17.2 Å². The molecule has 3 aromatic rings. The number of anilines is 1. The van der Waals surface area contributed by atoms with Crippen molar-refractivity contribution in [3.05, 3.63) is 29.1 Å². The summed E-state index contributed by atoms with van der Waals surface area (Å²) in [7, 11) is 4.56. The van der Waals surface area contributed by atoms with Crippen LogP contribution in [0.15, 0.2) is 21.9 Å². The molecule has 36 heavy (non-hydrogen) atoms. The first-order valence-corrected chi connectivity index (χ1v) is 11.4. The van der Waals surface area contributed by atoms with E-state index in [1.807, 2.05) is 0 Å². The summed E-state index contributed by atoms with van der Waals surface area (Å²) in [4.78, 5) is 15.3. The molecule has 0 aliphatic heterocycles. The zero-order valence-corrected chi connectivity index (χ0v) is 21.0. The summed E-state index contributed by atoms with van der Waals surface area (Å²) in [6.07, 6.45) is 3.29. The fraction of sp³-hybridized carbons (Fsp3) is 0.455. The Balaban J connectivity index is 1.91. The summed E-state index contributed by atoms with van der Waals surface area (Å²) < 4.78 is 22.1. The Morgan fingerprint density at radius 3 is 2.33 bits per heavy atom. The van der Waals surface area contributed by atoms with Gasteiger partial charge in [0.25, 0.3) is 5.91 Å². The van der Waals surface area contributed by atoms with Crippen LogP contribution in [-0.2, 0) is 6.54 Å². The topological polar surface area (TPSA) is 168 Å². The van der Waals surface area contributed by atoms with E-state index in [2.05, 4.69) is 49.9 Å². The van der Waals surface area contributed by atoms with Gasteiger partial charge in [-0.15, -0.1) is 5.10 Å². The molecule has 0 aliphatic carbocycles. The smallest absolute Gasteiger partial charge is 0.293 e. The summed E-state index contributed by atoms with van der Waals surface area (Å²) in [6, 6.07) is 3.36. The fourth-order valence-electron chi connectivity index (χ4n) is 3.61. The number of nitrogens with one attached hydrogen (secondary N) is 1. The van der Waals surface area contributed by atoms with E-state index in [0.29, 0.717) is 35.1 Å². The monoisotopic (exact) mass is 501 g/mol. The van der Waals surface area contributed by atoms with Gasteiger partial charge in [0, 0.05) is 18.7 Å². The number of nitrogens with two attached hydrogens (primary N) is 1. The normalized spacial score (nSPS) is 11.3. The maximum absolute atomic E-state index is 13.1. The standard InChI is InChI=1S/C22H31N9O5/c1-6-8-30(9-7-2)13-16-19(25-29-31(16)21-20(23)27-36-28-21)22(32)26-24-12-15-17(34-4)10-14(33-3)11-18(15)35-5/h10-12H,6-9,13H2,1-5H3,(H2,23,27)(H,26,32). The molecule has 3 N–H and O–H groups in total. The second-order valence-corrected chi connectivity index (χ2v) is 7.69. The molecule has 3 rings (SSSR count). The van der Waals surface area contributed by atoms with Gasteiger partial charge in [-0.2, -0.15) is 9.78 Å². The Kier molecular flexibility index (Phi) is 9.16. The van der Waals surface area contributed by atoms with Crippen LogP contribution < -0.4 is 25.4 Å². The van der Waals surface area contributed by atoms with Crippen LogP contribution in [0.2, 0.25) is 0 Å². The van der Waals surface area contributed by atoms with Gasteiger partial charge in [-0.05, 0) is 36.2 Å². The molecule has 194 valence electrons. The lowest BCUT2D eigenvalue weighted by molar-refractivity contribution is 0.0947. The van der Waals surface area contributed by atoms with Crippen LogP contribution >= 0.6 is 0 Å². The maximum Gasteiger partial charge on any atom is 0.293 e. The summed E-state index contributed by atoms with van der Waals surface area (Å²) in [5, 5.41) is 19.6. The van der Waals surface area contributed by atoms with Gasteiger partial charge in [0.2, 0.25) is 11.6 Å². The molecule has 14 nitrogen and oxygen atoms in total. The molecule has 0 atom stereocenters. The predicted molar refractivity (Wildman–Crippen MR) is 131 cm³/mol. The third-order valence-electron chi connectivity index (χ3n) is 5.24. The van der Waals surface area contributed by atoms with E-state index in [9.17, 15) is 4.79 Å². The van der Waals surface area contributed by atoms with E-state index in [0.717, 1.165) is 25.9 Å². The van der Waals surface area contributed by atoms with E-state index in [-0.39, 0.29) is 17.3 Å². The van der Waals surface area contributed by atoms with Crippen molar-refractivity contribution < 1.29 is 23.6 Å². The third kappa shape index (κ3) is 5.89. The molecule has 0 saturated heterocycles. The summed E-state index contributed by atoms with van der Waals surface area (Å²) >= 11 is 0. The number of carbonyl (C=O) groups is 1. The lowest BCUT2D eigenvalue weighted by Crippen LogP contribution is -2.28. The van der Waals surface area contributed by atoms with Crippen molar-refractivity contribution in [1.29, 1.82) is 0 Å². The average molecular weight is 502 g/mol. The number of ether oxygens (including phenoxy) is 3. The number of hydrogen-bond acceptors (Lipinski definition) is 12. The van der Waals surface area contributed by atoms with Crippen molar-refractivity contribution in [1.82, 2.24) is 35.6 Å². The zero-order valence-electron chi connectivity index (χ0n) is 21.0. The summed E-state index contributed by atoms with van der Waals surface area (Å²) in [5.74, 6) is 1.08. The van der Waals surface area contributed by atoms with Gasteiger partial charge >= 0.3 is 0 Å². The number of nitrogens with zero attached hydrogens (tertiary/aromatic N) is 7. The van der Waals surface area contributed by atoms with E-state index >= 15 is 0 Å². The first kappa shape index (κ1) is 26.4. The van der Waals surface area contributed by atoms with Crippen molar-refractivity contribution in [2.45, 2.75) is 33.2 Å². The van der Waals surface area contributed by atoms with Crippen molar-refractivity contribution in [2.75, 3.05) is 40.2 Å². The van der Waals surface area contributed by atoms with Gasteiger partial charge in [0.1, 0.15) is 17.2 Å². The number of aromatic nitrogens is 5. The second-order valence-electron chi connectivity index (χ2n) is 7.69. The minimum atomic E-state index is -0.568. The minimum Gasteiger partial charge on any atom is -0.496 e. The Morgan fingerprint density at radius 2 is 1.81 bits per heavy atom. The molecular weight excluding hydrogens is 470 g/mol. The van der Waals surface area contributed by atoms with Crippen LogP contribution in [0.25, 0.3) is 5.82 Å². The van der Waals surface area contributed by atoms with Gasteiger partial charge in [-0.25, -0.2) is 10.1 Å². The Bertz CT molecular complexity index is 1160. The highest BCUT2D eigenvalue weighted by molar-refractivity contribution is 5.95. The van der Waals surface area contributed by atoms with Crippen LogP contribution in [0.3, 0.4) is 0 Å². The fourth-order valence-corrected chi connectivity index (χ4v) is 3.61. The van der Waals surface area contributed by atoms with Crippen LogP contribution in [0, 0.1) is 0 Å². The number of amides is 1. The lowest BCUT2D eigenvalue weighted by atomic mass is 10.2. The molecule has 14 heteroatoms. The number of carbonyl (C=O) groups excluding carboxylic acids is 1. The number of rotatable bonds is 13. The number of nitrogen functional groups attached to an aromatic ring is 1. The van der Waals surface area contributed by atoms with Crippen molar-refractivity contribution in [3.8, 4) is 23.1 Å². The Morgan fingerprint density at radius 1 is 1.14 bits per heavy atom. The number of hydrazone groups is 1. The van der Waals surface area contributed by atoms with Gasteiger partial charge in [-0.1, -0.05) is 19.1 Å². The molecule has 0 radical (unpaired) electrons. The van der Waals surface area contributed by atoms with Gasteiger partial charge in [-0.3, -0.25) is 9.69 Å². The molecular formula is C22H31N9O5. The molecule has 0 unspecified atom stereocenters. The first-order valence-electron chi connectivity index (χ1n) is 11.4. The SMILES string of the molecule is CCCN(CCC)Cc1c(C(=O)NN=Cc2c(OC)cc(OC)cc2OC)nnn1-c1nonc1N. The second kappa shape index (κ2) is 12.5. The lowest BCUT2D eigenvalue weighted by Gasteiger charge is -2.21. The van der Waals surface area contributed by atoms with E-state index < -0.39 is 5.91 Å². The highest BCUT2D eigenvalue weighted by Gasteiger charge is 2.25. The van der Waals surface area contributed by atoms with Crippen LogP contribution in [0.1, 0.15) is 48.4 Å². The Labute approximate surface area is 208 Å². The number of methoxy groups -OCH3 is 3. The quantitative estimate of drug-likeness (QED) is 0.258. The van der Waals surface area contributed by atoms with Gasteiger partial charge < -0.3 is 19.9 Å². The molecule has 0 saturated carbocycles. The van der Waals surface area contributed by atoms with Gasteiger partial charge in [0.05, 0.1) is 38.8 Å². The van der Waals surface area contributed by atoms with Gasteiger partial charge in [0.15, 0.2) is 5.69 Å². The molecule has 0 spiro atoms. The van der Waals surface area contributed by atoms with Crippen molar-refractivity contribution in [2.24, 2.45) is 5.10 Å². The third-order valence-corrected chi connectivity index (χ3v) is 5.24. The molecule has 1 amide bonds. The minimum absolute atomic E-state index is 0.0300. The highest BCUT2D eigenvalue weighted by atomic mass is 16.6. The molecule has 0 aliphatic rings.